The Morgan fingerprint density at radius 1 is 0.960 bits per heavy atom. The number of carbonyl (C=O) groups excluding carboxylic acids is 1. The number of halogens is 1. The third-order valence-corrected chi connectivity index (χ3v) is 4.73. The van der Waals surface area contributed by atoms with E-state index in [0.29, 0.717) is 19.4 Å². The number of carbonyl (C=O) groups is 1. The standard InChI is InChI=1S/C21H33BrO3/c1-19(2,3)25-18(23)12-13-21(6,7)24-15-14-20(4,5)16-8-10-17(22)11-9-16/h8-11H,12-15H2,1-7H3. The van der Waals surface area contributed by atoms with Crippen molar-refractivity contribution in [2.75, 3.05) is 6.61 Å². The van der Waals surface area contributed by atoms with Crippen molar-refractivity contribution in [3.05, 3.63) is 34.3 Å². The highest BCUT2D eigenvalue weighted by atomic mass is 79.9. The first-order valence-corrected chi connectivity index (χ1v) is 9.72. The molecule has 0 fully saturated rings. The summed E-state index contributed by atoms with van der Waals surface area (Å²) in [5.41, 5.74) is 0.566. The molecule has 0 spiro atoms. The molecule has 0 saturated heterocycles. The van der Waals surface area contributed by atoms with Gasteiger partial charge in [0.15, 0.2) is 0 Å². The van der Waals surface area contributed by atoms with E-state index in [2.05, 4.69) is 54.0 Å². The molecule has 0 saturated carbocycles. The Bertz CT molecular complexity index is 553. The van der Waals surface area contributed by atoms with Crippen molar-refractivity contribution in [3.63, 3.8) is 0 Å². The van der Waals surface area contributed by atoms with Gasteiger partial charge < -0.3 is 9.47 Å². The van der Waals surface area contributed by atoms with Gasteiger partial charge in [0.25, 0.3) is 0 Å². The van der Waals surface area contributed by atoms with E-state index in [1.165, 1.54) is 5.56 Å². The first-order chi connectivity index (χ1) is 11.3. The van der Waals surface area contributed by atoms with Crippen LogP contribution in [0.15, 0.2) is 28.7 Å². The smallest absolute Gasteiger partial charge is 0.306 e. The third-order valence-electron chi connectivity index (χ3n) is 4.20. The minimum atomic E-state index is -0.434. The maximum Gasteiger partial charge on any atom is 0.306 e. The van der Waals surface area contributed by atoms with Crippen LogP contribution >= 0.6 is 15.9 Å². The van der Waals surface area contributed by atoms with Crippen molar-refractivity contribution < 1.29 is 14.3 Å². The van der Waals surface area contributed by atoms with Gasteiger partial charge >= 0.3 is 5.97 Å². The van der Waals surface area contributed by atoms with E-state index in [0.717, 1.165) is 10.9 Å². The third kappa shape index (κ3) is 8.87. The molecular weight excluding hydrogens is 380 g/mol. The van der Waals surface area contributed by atoms with Crippen LogP contribution in [0.25, 0.3) is 0 Å². The minimum absolute atomic E-state index is 0.0436. The van der Waals surface area contributed by atoms with Gasteiger partial charge in [-0.2, -0.15) is 0 Å². The fraction of sp³-hybridized carbons (Fsp3) is 0.667. The van der Waals surface area contributed by atoms with Crippen LogP contribution in [0.5, 0.6) is 0 Å². The lowest BCUT2D eigenvalue weighted by Gasteiger charge is -2.30. The van der Waals surface area contributed by atoms with E-state index in [4.69, 9.17) is 9.47 Å². The van der Waals surface area contributed by atoms with E-state index in [1.54, 1.807) is 0 Å². The monoisotopic (exact) mass is 412 g/mol. The summed E-state index contributed by atoms with van der Waals surface area (Å²) in [6.07, 6.45) is 1.95. The average Bonchev–Trinajstić information content (AvgIpc) is 2.43. The molecule has 0 aromatic heterocycles. The van der Waals surface area contributed by atoms with E-state index in [1.807, 2.05) is 34.6 Å². The predicted molar refractivity (Wildman–Crippen MR) is 107 cm³/mol. The molecule has 1 rings (SSSR count). The Morgan fingerprint density at radius 3 is 2.04 bits per heavy atom. The Balaban J connectivity index is 2.45. The maximum atomic E-state index is 11.9. The van der Waals surface area contributed by atoms with Gasteiger partial charge in [-0.1, -0.05) is 41.9 Å². The van der Waals surface area contributed by atoms with Crippen LogP contribution in [-0.4, -0.2) is 23.8 Å². The maximum absolute atomic E-state index is 11.9. The average molecular weight is 413 g/mol. The van der Waals surface area contributed by atoms with Crippen LogP contribution < -0.4 is 0 Å². The normalized spacial score (nSPS) is 13.0. The van der Waals surface area contributed by atoms with Crippen LogP contribution in [-0.2, 0) is 19.7 Å². The zero-order chi connectivity index (χ0) is 19.3. The van der Waals surface area contributed by atoms with Crippen molar-refractivity contribution in [2.45, 2.75) is 84.3 Å². The van der Waals surface area contributed by atoms with Gasteiger partial charge in [0.2, 0.25) is 0 Å². The van der Waals surface area contributed by atoms with Crippen LogP contribution in [0.2, 0.25) is 0 Å². The van der Waals surface area contributed by atoms with Gasteiger partial charge in [-0.25, -0.2) is 0 Å². The summed E-state index contributed by atoms with van der Waals surface area (Å²) in [6.45, 7) is 14.8. The Labute approximate surface area is 161 Å². The summed E-state index contributed by atoms with van der Waals surface area (Å²) in [6, 6.07) is 8.45. The molecule has 1 aromatic carbocycles. The molecule has 0 atom stereocenters. The number of benzene rings is 1. The molecular formula is C21H33BrO3. The van der Waals surface area contributed by atoms with Crippen LogP contribution in [0.1, 0.15) is 73.3 Å². The Kier molecular flexibility index (Phi) is 7.70. The molecule has 1 aromatic rings. The summed E-state index contributed by atoms with van der Waals surface area (Å²) in [4.78, 5) is 11.9. The predicted octanol–water partition coefficient (Wildman–Crippen LogP) is 6.03. The second-order valence-corrected chi connectivity index (χ2v) is 9.75. The van der Waals surface area contributed by atoms with Crippen LogP contribution in [0.4, 0.5) is 0 Å². The van der Waals surface area contributed by atoms with Gasteiger partial charge in [-0.05, 0) is 70.6 Å². The highest BCUT2D eigenvalue weighted by Crippen LogP contribution is 2.29. The van der Waals surface area contributed by atoms with Gasteiger partial charge in [0.1, 0.15) is 5.60 Å². The van der Waals surface area contributed by atoms with Gasteiger partial charge in [0, 0.05) is 17.5 Å². The molecule has 142 valence electrons. The molecule has 0 heterocycles. The fourth-order valence-electron chi connectivity index (χ4n) is 2.50. The lowest BCUT2D eigenvalue weighted by atomic mass is 9.82. The Morgan fingerprint density at radius 2 is 1.52 bits per heavy atom. The van der Waals surface area contributed by atoms with E-state index >= 15 is 0 Å². The van der Waals surface area contributed by atoms with Crippen molar-refractivity contribution in [3.8, 4) is 0 Å². The molecule has 0 aliphatic carbocycles. The molecule has 0 aliphatic rings. The molecule has 0 bridgehead atoms. The Hall–Kier alpha value is -0.870. The van der Waals surface area contributed by atoms with Crippen LogP contribution in [0, 0.1) is 0 Å². The molecule has 0 aliphatic heterocycles. The summed E-state index contributed by atoms with van der Waals surface area (Å²) < 4.78 is 12.5. The van der Waals surface area contributed by atoms with Gasteiger partial charge in [-0.3, -0.25) is 4.79 Å². The first-order valence-electron chi connectivity index (χ1n) is 8.93. The summed E-state index contributed by atoms with van der Waals surface area (Å²) in [7, 11) is 0. The second-order valence-electron chi connectivity index (χ2n) is 8.84. The summed E-state index contributed by atoms with van der Waals surface area (Å²) in [5.74, 6) is -0.167. The van der Waals surface area contributed by atoms with Crippen molar-refractivity contribution in [2.24, 2.45) is 0 Å². The lowest BCUT2D eigenvalue weighted by molar-refractivity contribution is -0.156. The van der Waals surface area contributed by atoms with E-state index in [-0.39, 0.29) is 17.0 Å². The fourth-order valence-corrected chi connectivity index (χ4v) is 2.76. The molecule has 4 heteroatoms. The molecule has 0 unspecified atom stereocenters. The largest absolute Gasteiger partial charge is 0.460 e. The van der Waals surface area contributed by atoms with Crippen molar-refractivity contribution >= 4 is 21.9 Å². The quantitative estimate of drug-likeness (QED) is 0.488. The lowest BCUT2D eigenvalue weighted by Crippen LogP contribution is -2.30. The SMILES string of the molecule is CC(C)(C)OC(=O)CCC(C)(C)OCCC(C)(C)c1ccc(Br)cc1. The number of hydrogen-bond acceptors (Lipinski definition) is 3. The van der Waals surface area contributed by atoms with Crippen molar-refractivity contribution in [1.29, 1.82) is 0 Å². The van der Waals surface area contributed by atoms with Crippen molar-refractivity contribution in [1.82, 2.24) is 0 Å². The van der Waals surface area contributed by atoms with Gasteiger partial charge in [-0.15, -0.1) is 0 Å². The topological polar surface area (TPSA) is 35.5 Å². The van der Waals surface area contributed by atoms with Gasteiger partial charge in [0.05, 0.1) is 5.60 Å². The molecule has 0 radical (unpaired) electrons. The number of rotatable bonds is 8. The zero-order valence-electron chi connectivity index (χ0n) is 16.7. The number of ether oxygens (including phenoxy) is 2. The zero-order valence-corrected chi connectivity index (χ0v) is 18.3. The summed E-state index contributed by atoms with van der Waals surface area (Å²) >= 11 is 3.48. The number of esters is 1. The second kappa shape index (κ2) is 8.68. The van der Waals surface area contributed by atoms with E-state index < -0.39 is 5.60 Å². The van der Waals surface area contributed by atoms with Crippen LogP contribution in [0.3, 0.4) is 0 Å². The molecule has 3 nitrogen and oxygen atoms in total. The summed E-state index contributed by atoms with van der Waals surface area (Å²) in [5, 5.41) is 0. The molecule has 25 heavy (non-hydrogen) atoms. The number of hydrogen-bond donors (Lipinski definition) is 0. The first kappa shape index (κ1) is 22.2. The minimum Gasteiger partial charge on any atom is -0.460 e. The van der Waals surface area contributed by atoms with E-state index in [9.17, 15) is 4.79 Å². The molecule has 0 amide bonds. The highest BCUT2D eigenvalue weighted by Gasteiger charge is 2.25. The molecule has 0 N–H and O–H groups in total. The highest BCUT2D eigenvalue weighted by molar-refractivity contribution is 9.10.